The maximum atomic E-state index is 10.6. The minimum Gasteiger partial charge on any atom is -1.00 e. The molecule has 0 radical (unpaired) electrons. The number of hydrogen-bond donors (Lipinski definition) is 3. The van der Waals surface area contributed by atoms with E-state index in [2.05, 4.69) is 9.05 Å². The Hall–Kier alpha value is 0.0197. The van der Waals surface area contributed by atoms with Crippen molar-refractivity contribution in [2.75, 3.05) is 6.61 Å². The molecule has 0 amide bonds. The predicted molar refractivity (Wildman–Crippen MR) is 45.8 cm³/mol. The molecule has 4 N–H and O–H groups in total. The summed E-state index contributed by atoms with van der Waals surface area (Å²) in [6, 6.07) is -1.36. The summed E-state index contributed by atoms with van der Waals surface area (Å²) in [5, 5.41) is 16.2. The second kappa shape index (κ2) is 8.34. The van der Waals surface area contributed by atoms with Gasteiger partial charge in [-0.15, -0.1) is 4.52 Å². The van der Waals surface area contributed by atoms with Crippen LogP contribution in [-0.2, 0) is 18.4 Å². The van der Waals surface area contributed by atoms with Crippen molar-refractivity contribution in [3.8, 4) is 0 Å². The van der Waals surface area contributed by atoms with E-state index in [0.29, 0.717) is 0 Å². The van der Waals surface area contributed by atoms with E-state index in [0.717, 1.165) is 0 Å². The minimum absolute atomic E-state index is 0. The average Bonchev–Trinajstić information content (AvgIpc) is 2.01. The molecule has 10 heteroatoms. The number of rotatable bonds is 4. The third kappa shape index (κ3) is 7.43. The first-order chi connectivity index (χ1) is 5.97. The van der Waals surface area contributed by atoms with Gasteiger partial charge in [-0.25, -0.2) is 4.79 Å². The second-order valence-corrected chi connectivity index (χ2v) is 2.59. The predicted octanol–water partition coefficient (Wildman–Crippen LogP) is -0.955. The molecule has 0 aliphatic rings. The van der Waals surface area contributed by atoms with Gasteiger partial charge in [-0.1, -0.05) is 0 Å². The van der Waals surface area contributed by atoms with E-state index >= 15 is 0 Å². The Morgan fingerprint density at radius 1 is 1.50 bits per heavy atom. The van der Waals surface area contributed by atoms with Gasteiger partial charge in [0, 0.05) is 4.57 Å². The van der Waals surface area contributed by atoms with Crippen LogP contribution in [0.15, 0.2) is 0 Å². The molecule has 0 saturated carbocycles. The van der Waals surface area contributed by atoms with E-state index in [4.69, 9.17) is 15.9 Å². The number of carbonyl (C=O) groups excluding carboxylic acids is 1. The van der Waals surface area contributed by atoms with Crippen molar-refractivity contribution in [3.63, 3.8) is 0 Å². The summed E-state index contributed by atoms with van der Waals surface area (Å²) < 4.78 is 17.9. The molecule has 0 fully saturated rings. The van der Waals surface area contributed by atoms with Crippen LogP contribution in [-0.4, -0.2) is 72.7 Å². The number of carboxylic acid groups (broad SMARTS) is 1. The minimum atomic E-state index is -3.09. The summed E-state index contributed by atoms with van der Waals surface area (Å²) in [7, 11) is -3.09. The fourth-order valence-electron chi connectivity index (χ4n) is 0.298. The Morgan fingerprint density at radius 3 is 2.36 bits per heavy atom. The summed E-state index contributed by atoms with van der Waals surface area (Å²) in [6.45, 7) is -0.699. The third-order valence-electron chi connectivity index (χ3n) is 0.817. The van der Waals surface area contributed by atoms with Crippen molar-refractivity contribution in [1.29, 1.82) is 0 Å². The largest absolute Gasteiger partial charge is 2.00 e. The summed E-state index contributed by atoms with van der Waals surface area (Å²) in [4.78, 5) is 20.4. The van der Waals surface area contributed by atoms with E-state index in [1.807, 2.05) is 0 Å². The van der Waals surface area contributed by atoms with Crippen LogP contribution in [0.25, 0.3) is 0 Å². The normalized spacial score (nSPS) is 12.0. The molecule has 0 aromatic carbocycles. The van der Waals surface area contributed by atoms with Gasteiger partial charge >= 0.3 is 58.1 Å². The fraction of sp³-hybridized carbons (Fsp3) is 0.500. The van der Waals surface area contributed by atoms with E-state index in [-0.39, 0.29) is 40.6 Å². The monoisotopic (exact) mass is 254 g/mol. The number of hydrogen-bond acceptors (Lipinski definition) is 7. The molecule has 0 aliphatic heterocycles. The Bertz CT molecular complexity index is 242. The van der Waals surface area contributed by atoms with Crippen LogP contribution in [0.5, 0.6) is 0 Å². The van der Waals surface area contributed by atoms with Gasteiger partial charge in [-0.3, -0.25) is 0 Å². The number of aliphatic hydroxyl groups is 1. The molecule has 0 aromatic heterocycles. The number of nitrogens with two attached hydrogens (primary N) is 1. The topological polar surface area (TPSA) is 136 Å². The molecule has 14 heavy (non-hydrogen) atoms. The molecule has 0 spiro atoms. The van der Waals surface area contributed by atoms with Gasteiger partial charge in [-0.05, 0) is 0 Å². The molecule has 1 unspecified atom stereocenters. The van der Waals surface area contributed by atoms with Gasteiger partial charge < -0.3 is 18.8 Å². The van der Waals surface area contributed by atoms with Crippen LogP contribution in [0.2, 0.25) is 0 Å². The smallest absolute Gasteiger partial charge is 1.00 e. The van der Waals surface area contributed by atoms with Gasteiger partial charge in [-0.2, -0.15) is 9.32 Å². The summed E-state index contributed by atoms with van der Waals surface area (Å²) in [6.07, 6.45) is -1.84. The quantitative estimate of drug-likeness (QED) is 0.431. The van der Waals surface area contributed by atoms with Crippen molar-refractivity contribution in [3.05, 3.63) is 0 Å². The summed E-state index contributed by atoms with van der Waals surface area (Å²) in [5.41, 5.74) is 4.94. The average molecular weight is 254 g/mol. The van der Waals surface area contributed by atoms with Crippen LogP contribution in [0, 0.1) is 0 Å². The zero-order chi connectivity index (χ0) is 10.4. The van der Waals surface area contributed by atoms with Gasteiger partial charge in [0.1, 0.15) is 6.04 Å². The van der Waals surface area contributed by atoms with Crippen LogP contribution in [0.3, 0.4) is 0 Å². The van der Waals surface area contributed by atoms with Crippen LogP contribution in [0.1, 0.15) is 2.85 Å². The fourth-order valence-corrected chi connectivity index (χ4v) is 0.745. The molecular formula is C4H9CaNO7P+. The molecule has 0 aliphatic carbocycles. The molecule has 0 rings (SSSR count). The first-order valence-corrected chi connectivity index (χ1v) is 4.03. The van der Waals surface area contributed by atoms with Gasteiger partial charge in [0.25, 0.3) is 0 Å². The van der Waals surface area contributed by atoms with Crippen molar-refractivity contribution in [2.45, 2.75) is 6.04 Å². The molecule has 0 heterocycles. The van der Waals surface area contributed by atoms with E-state index < -0.39 is 33.0 Å². The molecule has 0 bridgehead atoms. The van der Waals surface area contributed by atoms with E-state index in [1.54, 1.807) is 0 Å². The van der Waals surface area contributed by atoms with E-state index in [9.17, 15) is 14.2 Å². The Labute approximate surface area is 112 Å². The summed E-state index contributed by atoms with van der Waals surface area (Å²) in [5.74, 6) is -1.20. The number of carbonyl (C=O) groups is 2. The first-order valence-electron chi connectivity index (χ1n) is 2.93. The van der Waals surface area contributed by atoms with Gasteiger partial charge in [0.2, 0.25) is 0 Å². The van der Waals surface area contributed by atoms with Crippen LogP contribution in [0.4, 0.5) is 4.79 Å². The molecule has 8 nitrogen and oxygen atoms in total. The third-order valence-corrected chi connectivity index (χ3v) is 1.45. The maximum Gasteiger partial charge on any atom is 2.00 e. The molecule has 2 atom stereocenters. The SMILES string of the molecule is N[C@@H](CO)C(=O)O[P+](=O)OC(=O)O.[Ca+2].[H-].[H-]. The Balaban J connectivity index is -0.000000240. The maximum absolute atomic E-state index is 10.6. The second-order valence-electron chi connectivity index (χ2n) is 1.78. The molecule has 0 saturated heterocycles. The van der Waals surface area contributed by atoms with Crippen molar-refractivity contribution >= 4 is 58.1 Å². The first kappa shape index (κ1) is 16.4. The standard InChI is InChI=1S/C4H6NO7P.Ca.2H/c5-2(1-6)3(7)11-13(10)12-4(8)9;;;/h2,6H,1,5H2;;;/q;+2;2*-1/p+1/t2-;;;/m0.../s1. The zero-order valence-corrected chi connectivity index (χ0v) is 10.1. The van der Waals surface area contributed by atoms with Crippen molar-refractivity contribution in [2.24, 2.45) is 5.73 Å². The van der Waals surface area contributed by atoms with Crippen molar-refractivity contribution in [1.82, 2.24) is 0 Å². The van der Waals surface area contributed by atoms with E-state index in [1.165, 1.54) is 0 Å². The number of aliphatic hydroxyl groups excluding tert-OH is 1. The molecular weight excluding hydrogens is 245 g/mol. The van der Waals surface area contributed by atoms with Crippen LogP contribution >= 0.6 is 8.25 Å². The van der Waals surface area contributed by atoms with Crippen molar-refractivity contribution < 1.29 is 36.3 Å². The Morgan fingerprint density at radius 2 is 2.00 bits per heavy atom. The molecule has 0 aromatic rings. The Kier molecular flexibility index (Phi) is 9.80. The van der Waals surface area contributed by atoms with Gasteiger partial charge in [0.05, 0.1) is 6.61 Å². The zero-order valence-electron chi connectivity index (χ0n) is 8.95. The van der Waals surface area contributed by atoms with Crippen LogP contribution < -0.4 is 5.73 Å². The molecule has 78 valence electrons. The van der Waals surface area contributed by atoms with Gasteiger partial charge in [0.15, 0.2) is 0 Å². The summed E-state index contributed by atoms with van der Waals surface area (Å²) >= 11 is 0.